The molecular formula is C36H45BI7N3O7-2. The quantitative estimate of drug-likeness (QED) is 0.156. The summed E-state index contributed by atoms with van der Waals surface area (Å²) >= 11 is 11.8. The molecule has 3 saturated heterocycles. The van der Waals surface area contributed by atoms with E-state index in [2.05, 4.69) is 103 Å². The van der Waals surface area contributed by atoms with Crippen LogP contribution in [0, 0.1) is 51.8 Å². The number of ether oxygens (including phenoxy) is 1. The van der Waals surface area contributed by atoms with Crippen LogP contribution in [0.25, 0.3) is 0 Å². The number of piperidine rings is 2. The fraction of sp³-hybridized carbons (Fsp3) is 0.500. The maximum absolute atomic E-state index is 12.1. The van der Waals surface area contributed by atoms with E-state index in [1.54, 1.807) is 0 Å². The summed E-state index contributed by atoms with van der Waals surface area (Å²) in [5.74, 6) is -1.29. The average molecular weight is 1530 g/mol. The van der Waals surface area contributed by atoms with Crippen molar-refractivity contribution >= 4 is 134 Å². The number of likely N-dealkylation sites (tertiary alicyclic amines) is 1. The predicted octanol–water partition coefficient (Wildman–Crippen LogP) is 1.92. The van der Waals surface area contributed by atoms with Crippen LogP contribution < -0.4 is 41.3 Å². The molecule has 3 heterocycles. The van der Waals surface area contributed by atoms with Gasteiger partial charge in [-0.15, -0.1) is 0 Å². The molecule has 300 valence electrons. The van der Waals surface area contributed by atoms with E-state index in [4.69, 9.17) is 11.4 Å². The van der Waals surface area contributed by atoms with Crippen molar-refractivity contribution in [3.8, 4) is 0 Å². The predicted molar refractivity (Wildman–Crippen MR) is 245 cm³/mol. The number of fused-ring (bicyclic) bond motifs is 3. The molecule has 3 saturated carbocycles. The van der Waals surface area contributed by atoms with Crippen LogP contribution in [0.3, 0.4) is 0 Å². The van der Waals surface area contributed by atoms with Gasteiger partial charge in [0.15, 0.2) is 0 Å². The molecule has 6 atom stereocenters. The van der Waals surface area contributed by atoms with E-state index < -0.39 is 0 Å². The number of halogens is 7. The van der Waals surface area contributed by atoms with Crippen LogP contribution in [-0.2, 0) is 46.6 Å². The zero-order chi connectivity index (χ0) is 40.5. The van der Waals surface area contributed by atoms with Crippen LogP contribution in [0.4, 0.5) is 0 Å². The first kappa shape index (κ1) is 53.0. The van der Waals surface area contributed by atoms with Crippen LogP contribution in [0.2, 0.25) is 0 Å². The van der Waals surface area contributed by atoms with Gasteiger partial charge in [0.05, 0.1) is 42.1 Å². The van der Waals surface area contributed by atoms with Crippen molar-refractivity contribution in [3.63, 3.8) is 0 Å². The fourth-order valence-corrected chi connectivity index (χ4v) is 7.18. The summed E-state index contributed by atoms with van der Waals surface area (Å²) in [5.41, 5.74) is 12.2. The molecule has 3 aliphatic heterocycles. The van der Waals surface area contributed by atoms with Crippen LogP contribution >= 0.6 is 93.1 Å². The number of hydrogen-bond acceptors (Lipinski definition) is 8. The molecule has 2 aromatic rings. The molecule has 4 amide bonds. The van der Waals surface area contributed by atoms with Gasteiger partial charge >= 0.3 is 104 Å². The number of amides is 4. The van der Waals surface area contributed by atoms with Gasteiger partial charge in [-0.2, -0.15) is 0 Å². The van der Waals surface area contributed by atoms with Gasteiger partial charge in [0, 0.05) is 43.8 Å². The van der Waals surface area contributed by atoms with Gasteiger partial charge in [0.2, 0.25) is 23.6 Å². The molecule has 2 radical (unpaired) electrons. The van der Waals surface area contributed by atoms with Gasteiger partial charge in [-0.05, 0) is 27.4 Å². The van der Waals surface area contributed by atoms with Crippen molar-refractivity contribution < 1.29 is 63.8 Å². The third-order valence-corrected chi connectivity index (χ3v) is 10.3. The van der Waals surface area contributed by atoms with Crippen molar-refractivity contribution in [2.75, 3.05) is 0 Å². The van der Waals surface area contributed by atoms with Crippen molar-refractivity contribution in [2.45, 2.75) is 62.1 Å². The molecule has 0 unspecified atom stereocenters. The SMILES string of the molecule is C.CC1(C)[C@@H]2C(=O)N(Cc3ccccc3)C(=O)[C@@H]21.CC1(C)[C@@H]2C(=O)NC(=O)[C@@H]21.CC1(C)[C@@H]2C(=O)OC(=O)[C@@H]21.II.I[I-]I.NCc1ccccc1.[B][I-]I. The van der Waals surface area contributed by atoms with Gasteiger partial charge in [-0.3, -0.25) is 39.0 Å². The number of nitrogens with zero attached hydrogens (tertiary/aromatic N) is 1. The monoisotopic (exact) mass is 1530 g/mol. The Kier molecular flexibility index (Phi) is 23.3. The first-order valence-electron chi connectivity index (χ1n) is 16.1. The zero-order valence-electron chi connectivity index (χ0n) is 29.8. The second kappa shape index (κ2) is 23.7. The average Bonchev–Trinajstić information content (AvgIpc) is 3.91. The van der Waals surface area contributed by atoms with Gasteiger partial charge in [0.25, 0.3) is 0 Å². The molecule has 0 bridgehead atoms. The third kappa shape index (κ3) is 13.0. The fourth-order valence-electron chi connectivity index (χ4n) is 7.18. The minimum absolute atomic E-state index is 0. The summed E-state index contributed by atoms with van der Waals surface area (Å²) in [6.45, 7) is 12.8. The Labute approximate surface area is 393 Å². The Balaban J connectivity index is 0.000000347. The summed E-state index contributed by atoms with van der Waals surface area (Å²) in [6, 6.07) is 19.6. The Morgan fingerprint density at radius 3 is 1.24 bits per heavy atom. The van der Waals surface area contributed by atoms with Gasteiger partial charge in [-0.25, -0.2) is 0 Å². The summed E-state index contributed by atoms with van der Waals surface area (Å²) in [4.78, 5) is 69.0. The summed E-state index contributed by atoms with van der Waals surface area (Å²) in [6.07, 6.45) is 0. The normalized spacial score (nSPS) is 26.7. The second-order valence-corrected chi connectivity index (χ2v) is 34.4. The molecular weight excluding hydrogens is 1490 g/mol. The minimum atomic E-state index is -0.333. The zero-order valence-corrected chi connectivity index (χ0v) is 44.9. The Morgan fingerprint density at radius 2 is 0.981 bits per heavy atom. The van der Waals surface area contributed by atoms with Crippen molar-refractivity contribution in [2.24, 2.45) is 57.5 Å². The molecule has 6 fully saturated rings. The number of hydrogen-bond donors (Lipinski definition) is 2. The van der Waals surface area contributed by atoms with E-state index in [0.29, 0.717) is 26.3 Å². The van der Waals surface area contributed by atoms with Crippen molar-refractivity contribution in [3.05, 3.63) is 71.8 Å². The summed E-state index contributed by atoms with van der Waals surface area (Å²) in [5, 5.41) is 2.29. The van der Waals surface area contributed by atoms with Crippen LogP contribution in [0.5, 0.6) is 0 Å². The number of nitrogens with two attached hydrogens (primary N) is 1. The molecule has 3 aliphatic carbocycles. The van der Waals surface area contributed by atoms with Crippen molar-refractivity contribution in [1.29, 1.82) is 0 Å². The van der Waals surface area contributed by atoms with E-state index >= 15 is 0 Å². The molecule has 2 aromatic carbocycles. The molecule has 0 aromatic heterocycles. The van der Waals surface area contributed by atoms with Gasteiger partial charge in [-0.1, -0.05) is 110 Å². The Bertz CT molecular complexity index is 1500. The summed E-state index contributed by atoms with van der Waals surface area (Å²) < 4.78 is 4.38. The number of benzene rings is 2. The van der Waals surface area contributed by atoms with E-state index in [9.17, 15) is 28.8 Å². The molecule has 54 heavy (non-hydrogen) atoms. The number of nitrogens with one attached hydrogen (secondary N) is 1. The topological polar surface area (TPSA) is 153 Å². The standard InChI is InChI=1S/C14H15NO2.C7H9NO2.C7H9N.C7H8O3.CH4.BI2.I3.I2/c1-14(2)10-11(14)13(17)15(12(10)16)8-9-6-4-3-5-7-9;1-7(2)3-4(7)6(10)8-5(3)9;8-6-7-4-2-1-3-5-7;1-7(2)3-4(7)6(9)10-5(3)8;;2*1-3-2;1-2/h3-7,10-11H,8H2,1-2H3;3-4H,1-2H3,(H,8,9,10);1-5H,6,8H2;3-4H,1-2H3;1H4;;;/q;;;;;2*-1;/t10-,11+;3-,4+;;3-,4+;;;;. The third-order valence-electron chi connectivity index (χ3n) is 10.3. The van der Waals surface area contributed by atoms with E-state index in [1.807, 2.05) is 102 Å². The number of imide groups is 2. The second-order valence-electron chi connectivity index (χ2n) is 14.5. The molecule has 18 heteroatoms. The Morgan fingerprint density at radius 1 is 0.667 bits per heavy atom. The van der Waals surface area contributed by atoms with Crippen LogP contribution in [-0.4, -0.2) is 46.2 Å². The van der Waals surface area contributed by atoms with E-state index in [0.717, 1.165) is 5.56 Å². The van der Waals surface area contributed by atoms with Crippen molar-refractivity contribution in [1.82, 2.24) is 10.2 Å². The number of carbonyl (C=O) groups excluding carboxylic acids is 6. The maximum atomic E-state index is 12.1. The van der Waals surface area contributed by atoms with E-state index in [-0.39, 0.29) is 112 Å². The molecule has 3 N–H and O–H groups in total. The molecule has 8 rings (SSSR count). The van der Waals surface area contributed by atoms with Gasteiger partial charge < -0.3 is 10.5 Å². The van der Waals surface area contributed by atoms with E-state index in [1.165, 1.54) is 10.5 Å². The van der Waals surface area contributed by atoms with Gasteiger partial charge in [0.1, 0.15) is 0 Å². The number of cyclic esters (lactones) is 2. The molecule has 10 nitrogen and oxygen atoms in total. The van der Waals surface area contributed by atoms with Crippen LogP contribution in [0.15, 0.2) is 60.7 Å². The summed E-state index contributed by atoms with van der Waals surface area (Å²) in [7, 11) is 0. The first-order chi connectivity index (χ1) is 24.9. The molecule has 6 aliphatic rings. The number of esters is 2. The number of rotatable bonds is 3. The molecule has 0 spiro atoms. The number of carbonyl (C=O) groups is 6. The van der Waals surface area contributed by atoms with Crippen LogP contribution in [0.1, 0.15) is 60.1 Å². The first-order valence-corrected chi connectivity index (χ1v) is 42.5. The Hall–Kier alpha value is 0.995.